The van der Waals surface area contributed by atoms with Crippen molar-refractivity contribution in [2.45, 2.75) is 32.6 Å². The summed E-state index contributed by atoms with van der Waals surface area (Å²) in [6, 6.07) is 0. The van der Waals surface area contributed by atoms with E-state index in [4.69, 9.17) is 5.11 Å². The zero-order chi connectivity index (χ0) is 8.69. The number of hydrogen-bond donors (Lipinski definition) is 2. The van der Waals surface area contributed by atoms with Gasteiger partial charge in [0.15, 0.2) is 0 Å². The van der Waals surface area contributed by atoms with Crippen LogP contribution in [0.15, 0.2) is 0 Å². The van der Waals surface area contributed by atoms with Gasteiger partial charge in [0, 0.05) is 0 Å². The summed E-state index contributed by atoms with van der Waals surface area (Å²) in [5.41, 5.74) is 0. The maximum absolute atomic E-state index is 10.6. The smallest absolute Gasteiger partial charge is 0.306 e. The number of thiol groups is 1. The Balaban J connectivity index is 3.60. The van der Waals surface area contributed by atoms with Crippen LogP contribution in [0.1, 0.15) is 32.6 Å². The Kier molecular flexibility index (Phi) is 6.42. The highest BCUT2D eigenvalue weighted by Gasteiger charge is 2.14. The van der Waals surface area contributed by atoms with Gasteiger partial charge in [0.25, 0.3) is 0 Å². The quantitative estimate of drug-likeness (QED) is 0.609. The lowest BCUT2D eigenvalue weighted by molar-refractivity contribution is -0.142. The Hall–Kier alpha value is -0.180. The topological polar surface area (TPSA) is 37.3 Å². The molecular weight excluding hydrogens is 160 g/mol. The van der Waals surface area contributed by atoms with Crippen LogP contribution in [0.4, 0.5) is 0 Å². The summed E-state index contributed by atoms with van der Waals surface area (Å²) < 4.78 is 0. The van der Waals surface area contributed by atoms with Gasteiger partial charge in [0.05, 0.1) is 5.92 Å². The summed E-state index contributed by atoms with van der Waals surface area (Å²) in [4.78, 5) is 10.6. The van der Waals surface area contributed by atoms with E-state index in [1.54, 1.807) is 0 Å². The molecule has 3 heteroatoms. The van der Waals surface area contributed by atoms with Crippen molar-refractivity contribution >= 4 is 18.6 Å². The molecule has 0 spiro atoms. The minimum absolute atomic E-state index is 0.146. The van der Waals surface area contributed by atoms with Crippen molar-refractivity contribution < 1.29 is 9.90 Å². The fourth-order valence-corrected chi connectivity index (χ4v) is 1.26. The van der Waals surface area contributed by atoms with Gasteiger partial charge in [-0.05, 0) is 25.0 Å². The molecule has 0 aliphatic rings. The van der Waals surface area contributed by atoms with Gasteiger partial charge < -0.3 is 5.11 Å². The average Bonchev–Trinajstić information content (AvgIpc) is 1.97. The van der Waals surface area contributed by atoms with E-state index < -0.39 is 5.97 Å². The Morgan fingerprint density at radius 1 is 1.55 bits per heavy atom. The third-order valence-corrected chi connectivity index (χ3v) is 2.01. The number of carboxylic acids is 1. The molecule has 0 heterocycles. The molecule has 0 aromatic carbocycles. The number of carboxylic acid groups (broad SMARTS) is 1. The highest BCUT2D eigenvalue weighted by Crippen LogP contribution is 2.13. The molecule has 11 heavy (non-hydrogen) atoms. The molecule has 0 saturated carbocycles. The van der Waals surface area contributed by atoms with Crippen molar-refractivity contribution in [2.24, 2.45) is 5.92 Å². The summed E-state index contributed by atoms with van der Waals surface area (Å²) in [5, 5.41) is 8.71. The molecule has 0 aliphatic heterocycles. The van der Waals surface area contributed by atoms with Crippen molar-refractivity contribution in [3.8, 4) is 0 Å². The van der Waals surface area contributed by atoms with Gasteiger partial charge in [-0.2, -0.15) is 12.6 Å². The SMILES string of the molecule is CCC[C@@H](CCCS)C(=O)O. The van der Waals surface area contributed by atoms with E-state index in [0.29, 0.717) is 0 Å². The van der Waals surface area contributed by atoms with Gasteiger partial charge in [-0.15, -0.1) is 0 Å². The Labute approximate surface area is 73.4 Å². The first-order valence-electron chi connectivity index (χ1n) is 4.06. The van der Waals surface area contributed by atoms with Gasteiger partial charge >= 0.3 is 5.97 Å². The van der Waals surface area contributed by atoms with E-state index >= 15 is 0 Å². The molecule has 0 saturated heterocycles. The third kappa shape index (κ3) is 5.13. The molecule has 0 aromatic heterocycles. The molecule has 66 valence electrons. The zero-order valence-corrected chi connectivity index (χ0v) is 7.81. The maximum atomic E-state index is 10.6. The normalized spacial score (nSPS) is 12.9. The van der Waals surface area contributed by atoms with Crippen LogP contribution in [-0.2, 0) is 4.79 Å². The number of rotatable bonds is 6. The first-order chi connectivity index (χ1) is 5.22. The van der Waals surface area contributed by atoms with E-state index in [1.165, 1.54) is 0 Å². The Morgan fingerprint density at radius 3 is 2.55 bits per heavy atom. The lowest BCUT2D eigenvalue weighted by Gasteiger charge is -2.08. The lowest BCUT2D eigenvalue weighted by Crippen LogP contribution is -2.13. The van der Waals surface area contributed by atoms with Crippen molar-refractivity contribution in [2.75, 3.05) is 5.75 Å². The third-order valence-electron chi connectivity index (χ3n) is 1.70. The highest BCUT2D eigenvalue weighted by atomic mass is 32.1. The van der Waals surface area contributed by atoms with Gasteiger partial charge in [-0.3, -0.25) is 4.79 Å². The zero-order valence-electron chi connectivity index (χ0n) is 6.92. The number of hydrogen-bond acceptors (Lipinski definition) is 2. The minimum Gasteiger partial charge on any atom is -0.481 e. The van der Waals surface area contributed by atoms with Crippen LogP contribution in [0.25, 0.3) is 0 Å². The monoisotopic (exact) mass is 176 g/mol. The van der Waals surface area contributed by atoms with E-state index in [-0.39, 0.29) is 5.92 Å². The molecular formula is C8H16O2S. The standard InChI is InChI=1S/C8H16O2S/c1-2-4-7(8(9)10)5-3-6-11/h7,11H,2-6H2,1H3,(H,9,10)/t7-/m0/s1. The summed E-state index contributed by atoms with van der Waals surface area (Å²) in [5.74, 6) is -0.0196. The molecule has 0 unspecified atom stereocenters. The predicted molar refractivity (Wildman–Crippen MR) is 49.1 cm³/mol. The predicted octanol–water partition coefficient (Wildman–Crippen LogP) is 2.20. The number of carbonyl (C=O) groups is 1. The van der Waals surface area contributed by atoms with E-state index in [1.807, 2.05) is 6.92 Å². The Bertz CT molecular complexity index is 115. The fraction of sp³-hybridized carbons (Fsp3) is 0.875. The van der Waals surface area contributed by atoms with Crippen LogP contribution in [-0.4, -0.2) is 16.8 Å². The summed E-state index contributed by atoms with van der Waals surface area (Å²) >= 11 is 4.04. The van der Waals surface area contributed by atoms with Crippen molar-refractivity contribution in [3.05, 3.63) is 0 Å². The number of aliphatic carboxylic acids is 1. The van der Waals surface area contributed by atoms with Gasteiger partial charge in [0.2, 0.25) is 0 Å². The van der Waals surface area contributed by atoms with Gasteiger partial charge in [-0.1, -0.05) is 13.3 Å². The fourth-order valence-electron chi connectivity index (χ4n) is 1.08. The second-order valence-corrected chi connectivity index (χ2v) is 3.14. The molecule has 0 fully saturated rings. The summed E-state index contributed by atoms with van der Waals surface area (Å²) in [7, 11) is 0. The van der Waals surface area contributed by atoms with Crippen LogP contribution >= 0.6 is 12.6 Å². The molecule has 0 amide bonds. The largest absolute Gasteiger partial charge is 0.481 e. The molecule has 0 radical (unpaired) electrons. The first-order valence-corrected chi connectivity index (χ1v) is 4.69. The Morgan fingerprint density at radius 2 is 2.18 bits per heavy atom. The van der Waals surface area contributed by atoms with Crippen LogP contribution in [0.2, 0.25) is 0 Å². The second-order valence-electron chi connectivity index (χ2n) is 2.69. The lowest BCUT2D eigenvalue weighted by atomic mass is 9.99. The summed E-state index contributed by atoms with van der Waals surface area (Å²) in [6.45, 7) is 2.01. The van der Waals surface area contributed by atoms with Gasteiger partial charge in [0.1, 0.15) is 0 Å². The molecule has 1 N–H and O–H groups in total. The molecule has 0 rings (SSSR count). The van der Waals surface area contributed by atoms with Crippen LogP contribution in [0.5, 0.6) is 0 Å². The van der Waals surface area contributed by atoms with Crippen molar-refractivity contribution in [1.29, 1.82) is 0 Å². The van der Waals surface area contributed by atoms with Gasteiger partial charge in [-0.25, -0.2) is 0 Å². The maximum Gasteiger partial charge on any atom is 0.306 e. The van der Waals surface area contributed by atoms with Crippen LogP contribution in [0, 0.1) is 5.92 Å². The molecule has 0 bridgehead atoms. The minimum atomic E-state index is -0.659. The molecule has 2 nitrogen and oxygen atoms in total. The van der Waals surface area contributed by atoms with E-state index in [2.05, 4.69) is 12.6 Å². The summed E-state index contributed by atoms with van der Waals surface area (Å²) in [6.07, 6.45) is 3.42. The van der Waals surface area contributed by atoms with Crippen molar-refractivity contribution in [3.63, 3.8) is 0 Å². The van der Waals surface area contributed by atoms with Crippen molar-refractivity contribution in [1.82, 2.24) is 0 Å². The van der Waals surface area contributed by atoms with E-state index in [0.717, 1.165) is 31.4 Å². The molecule has 0 aliphatic carbocycles. The second kappa shape index (κ2) is 6.53. The molecule has 1 atom stereocenters. The molecule has 0 aromatic rings. The average molecular weight is 176 g/mol. The van der Waals surface area contributed by atoms with E-state index in [9.17, 15) is 4.79 Å². The highest BCUT2D eigenvalue weighted by molar-refractivity contribution is 7.80. The first kappa shape index (κ1) is 10.8. The van der Waals surface area contributed by atoms with Crippen LogP contribution in [0.3, 0.4) is 0 Å². The van der Waals surface area contributed by atoms with Crippen LogP contribution < -0.4 is 0 Å².